The molecule has 0 unspecified atom stereocenters. The van der Waals surface area contributed by atoms with E-state index in [1.807, 2.05) is 19.9 Å². The van der Waals surface area contributed by atoms with Crippen molar-refractivity contribution in [1.29, 1.82) is 0 Å². The fourth-order valence-corrected chi connectivity index (χ4v) is 3.74. The van der Waals surface area contributed by atoms with Crippen LogP contribution in [0.4, 0.5) is 16.2 Å². The highest BCUT2D eigenvalue weighted by molar-refractivity contribution is 7.87. The van der Waals surface area contributed by atoms with Crippen LogP contribution in [-0.2, 0) is 14.9 Å². The molecule has 0 aliphatic rings. The zero-order chi connectivity index (χ0) is 23.8. The summed E-state index contributed by atoms with van der Waals surface area (Å²) in [7, 11) is -4.24. The Morgan fingerprint density at radius 2 is 1.55 bits per heavy atom. The SMILES string of the molecule is CCCOC(=O)c1ccc(NC(=O)Nc2ccccc2)cc1OS(=O)(=O)c1ccc(C)cc1. The van der Waals surface area contributed by atoms with Crippen molar-refractivity contribution in [2.75, 3.05) is 17.2 Å². The number of hydrogen-bond acceptors (Lipinski definition) is 6. The molecule has 0 saturated carbocycles. The van der Waals surface area contributed by atoms with Gasteiger partial charge in [-0.2, -0.15) is 8.42 Å². The molecule has 3 aromatic carbocycles. The van der Waals surface area contributed by atoms with Gasteiger partial charge < -0.3 is 19.6 Å². The lowest BCUT2D eigenvalue weighted by Crippen LogP contribution is -2.20. The van der Waals surface area contributed by atoms with Crippen LogP contribution in [0.1, 0.15) is 29.3 Å². The molecule has 0 aliphatic carbocycles. The van der Waals surface area contributed by atoms with E-state index in [1.54, 1.807) is 36.4 Å². The van der Waals surface area contributed by atoms with Crippen LogP contribution in [0.25, 0.3) is 0 Å². The molecule has 9 heteroatoms. The van der Waals surface area contributed by atoms with Gasteiger partial charge in [0.15, 0.2) is 5.75 Å². The van der Waals surface area contributed by atoms with Crippen LogP contribution < -0.4 is 14.8 Å². The molecule has 0 bridgehead atoms. The minimum absolute atomic E-state index is 0.0684. The zero-order valence-electron chi connectivity index (χ0n) is 18.2. The van der Waals surface area contributed by atoms with Crippen LogP contribution in [-0.4, -0.2) is 27.0 Å². The largest absolute Gasteiger partial charge is 0.462 e. The Balaban J connectivity index is 1.88. The van der Waals surface area contributed by atoms with Crippen molar-refractivity contribution in [3.8, 4) is 5.75 Å². The molecule has 33 heavy (non-hydrogen) atoms. The summed E-state index contributed by atoms with van der Waals surface area (Å²) in [6.45, 7) is 3.84. The second-order valence-electron chi connectivity index (χ2n) is 7.14. The summed E-state index contributed by atoms with van der Waals surface area (Å²) in [5.41, 5.74) is 1.61. The molecule has 0 atom stereocenters. The number of carbonyl (C=O) groups is 2. The monoisotopic (exact) mass is 468 g/mol. The third-order valence-corrected chi connectivity index (χ3v) is 5.69. The quantitative estimate of drug-likeness (QED) is 0.357. The highest BCUT2D eigenvalue weighted by Gasteiger charge is 2.23. The standard InChI is InChI=1S/C24H24N2O6S/c1-3-15-31-23(27)21-14-11-19(26-24(28)25-18-7-5-4-6-8-18)16-22(21)32-33(29,30)20-12-9-17(2)10-13-20/h4-14,16H,3,15H2,1-2H3,(H2,25,26,28). The van der Waals surface area contributed by atoms with Gasteiger partial charge in [0.2, 0.25) is 0 Å². The Hall–Kier alpha value is -3.85. The van der Waals surface area contributed by atoms with Gasteiger partial charge in [-0.3, -0.25) is 0 Å². The minimum Gasteiger partial charge on any atom is -0.462 e. The van der Waals surface area contributed by atoms with Crippen LogP contribution in [0.2, 0.25) is 0 Å². The molecule has 0 fully saturated rings. The minimum atomic E-state index is -4.24. The number of nitrogens with one attached hydrogen (secondary N) is 2. The Kier molecular flexibility index (Phi) is 7.68. The molecule has 0 spiro atoms. The number of ether oxygens (including phenoxy) is 1. The third kappa shape index (κ3) is 6.56. The topological polar surface area (TPSA) is 111 Å². The molecule has 0 aromatic heterocycles. The first kappa shape index (κ1) is 23.8. The predicted molar refractivity (Wildman–Crippen MR) is 125 cm³/mol. The number of urea groups is 1. The van der Waals surface area contributed by atoms with Crippen molar-refractivity contribution < 1.29 is 26.9 Å². The van der Waals surface area contributed by atoms with Crippen molar-refractivity contribution in [2.24, 2.45) is 0 Å². The van der Waals surface area contributed by atoms with Gasteiger partial charge in [0.25, 0.3) is 0 Å². The molecule has 0 aliphatic heterocycles. The second-order valence-corrected chi connectivity index (χ2v) is 8.69. The molecule has 0 heterocycles. The molecule has 0 saturated heterocycles. The molecule has 3 aromatic rings. The molecular formula is C24H24N2O6S. The third-order valence-electron chi connectivity index (χ3n) is 4.44. The maximum Gasteiger partial charge on any atom is 0.341 e. The Bertz CT molecular complexity index is 1230. The number of aryl methyl sites for hydroxylation is 1. The van der Waals surface area contributed by atoms with E-state index in [1.165, 1.54) is 30.3 Å². The molecule has 172 valence electrons. The van der Waals surface area contributed by atoms with E-state index in [9.17, 15) is 18.0 Å². The summed E-state index contributed by atoms with van der Waals surface area (Å²) in [6.07, 6.45) is 0.600. The Morgan fingerprint density at radius 1 is 0.879 bits per heavy atom. The van der Waals surface area contributed by atoms with Gasteiger partial charge in [-0.1, -0.05) is 42.8 Å². The Morgan fingerprint density at radius 3 is 2.21 bits per heavy atom. The van der Waals surface area contributed by atoms with Crippen LogP contribution in [0, 0.1) is 6.92 Å². The number of esters is 1. The van der Waals surface area contributed by atoms with E-state index in [2.05, 4.69) is 10.6 Å². The first-order valence-corrected chi connectivity index (χ1v) is 11.6. The number of carbonyl (C=O) groups excluding carboxylic acids is 2. The maximum atomic E-state index is 12.8. The van der Waals surface area contributed by atoms with Crippen LogP contribution in [0.15, 0.2) is 77.7 Å². The summed E-state index contributed by atoms with van der Waals surface area (Å²) in [5, 5.41) is 5.25. The predicted octanol–water partition coefficient (Wildman–Crippen LogP) is 4.97. The fourth-order valence-electron chi connectivity index (χ4n) is 2.80. The fraction of sp³-hybridized carbons (Fsp3) is 0.167. The summed E-state index contributed by atoms with van der Waals surface area (Å²) in [4.78, 5) is 24.7. The molecule has 2 amide bonds. The highest BCUT2D eigenvalue weighted by Crippen LogP contribution is 2.28. The number of amides is 2. The van der Waals surface area contributed by atoms with Crippen LogP contribution >= 0.6 is 0 Å². The second kappa shape index (κ2) is 10.6. The van der Waals surface area contributed by atoms with Gasteiger partial charge >= 0.3 is 22.1 Å². The maximum absolute atomic E-state index is 12.8. The lowest BCUT2D eigenvalue weighted by atomic mass is 10.2. The average Bonchev–Trinajstić information content (AvgIpc) is 2.78. The Labute approximate surface area is 192 Å². The van der Waals surface area contributed by atoms with E-state index < -0.39 is 22.1 Å². The van der Waals surface area contributed by atoms with Crippen molar-refractivity contribution in [3.05, 3.63) is 83.9 Å². The lowest BCUT2D eigenvalue weighted by Gasteiger charge is -2.14. The van der Waals surface area contributed by atoms with Crippen molar-refractivity contribution in [2.45, 2.75) is 25.2 Å². The van der Waals surface area contributed by atoms with Crippen LogP contribution in [0.5, 0.6) is 5.75 Å². The first-order valence-electron chi connectivity index (χ1n) is 10.2. The molecule has 3 rings (SSSR count). The molecular weight excluding hydrogens is 444 g/mol. The summed E-state index contributed by atoms with van der Waals surface area (Å²) in [6, 6.07) is 18.4. The normalized spacial score (nSPS) is 10.8. The van der Waals surface area contributed by atoms with Gasteiger partial charge in [-0.05, 0) is 49.7 Å². The number of benzene rings is 3. The lowest BCUT2D eigenvalue weighted by molar-refractivity contribution is 0.0503. The van der Waals surface area contributed by atoms with E-state index in [0.717, 1.165) is 5.56 Å². The molecule has 8 nitrogen and oxygen atoms in total. The highest BCUT2D eigenvalue weighted by atomic mass is 32.2. The number of anilines is 2. The van der Waals surface area contributed by atoms with E-state index >= 15 is 0 Å². The van der Waals surface area contributed by atoms with Crippen LogP contribution in [0.3, 0.4) is 0 Å². The zero-order valence-corrected chi connectivity index (χ0v) is 19.0. The summed E-state index contributed by atoms with van der Waals surface area (Å²) < 4.78 is 36.0. The van der Waals surface area contributed by atoms with Crippen molar-refractivity contribution in [3.63, 3.8) is 0 Å². The van der Waals surface area contributed by atoms with E-state index in [0.29, 0.717) is 12.1 Å². The number of rotatable bonds is 8. The number of para-hydroxylation sites is 1. The van der Waals surface area contributed by atoms with E-state index in [4.69, 9.17) is 8.92 Å². The smallest absolute Gasteiger partial charge is 0.341 e. The van der Waals surface area contributed by atoms with E-state index in [-0.39, 0.29) is 28.5 Å². The van der Waals surface area contributed by atoms with Gasteiger partial charge in [0.05, 0.1) is 6.61 Å². The summed E-state index contributed by atoms with van der Waals surface area (Å²) in [5.74, 6) is -0.986. The molecule has 2 N–H and O–H groups in total. The average molecular weight is 469 g/mol. The van der Waals surface area contributed by atoms with Crippen molar-refractivity contribution >= 4 is 33.5 Å². The van der Waals surface area contributed by atoms with Gasteiger partial charge in [0, 0.05) is 17.4 Å². The first-order chi connectivity index (χ1) is 15.8. The molecule has 0 radical (unpaired) electrons. The van der Waals surface area contributed by atoms with Gasteiger partial charge in [-0.25, -0.2) is 9.59 Å². The van der Waals surface area contributed by atoms with Crippen molar-refractivity contribution in [1.82, 2.24) is 0 Å². The number of hydrogen-bond donors (Lipinski definition) is 2. The van der Waals surface area contributed by atoms with Gasteiger partial charge in [0.1, 0.15) is 10.5 Å². The summed E-state index contributed by atoms with van der Waals surface area (Å²) >= 11 is 0. The van der Waals surface area contributed by atoms with Gasteiger partial charge in [-0.15, -0.1) is 0 Å².